The van der Waals surface area contributed by atoms with Crippen LogP contribution in [0.3, 0.4) is 0 Å². The third kappa shape index (κ3) is 7.95. The Labute approximate surface area is 282 Å². The van der Waals surface area contributed by atoms with E-state index in [2.05, 4.69) is 18.6 Å². The van der Waals surface area contributed by atoms with E-state index in [1.807, 2.05) is 72.8 Å². The van der Waals surface area contributed by atoms with Crippen molar-refractivity contribution in [2.24, 2.45) is 0 Å². The van der Waals surface area contributed by atoms with Gasteiger partial charge in [0.1, 0.15) is 17.5 Å². The predicted octanol–water partition coefficient (Wildman–Crippen LogP) is 5.53. The molecule has 0 aliphatic heterocycles. The number of rotatable bonds is 18. The van der Waals surface area contributed by atoms with Gasteiger partial charge in [-0.3, -0.25) is 19.3 Å². The number of para-hydroxylation sites is 6. The molecule has 0 unspecified atom stereocenters. The van der Waals surface area contributed by atoms with Gasteiger partial charge in [-0.05, 0) is 55.7 Å². The van der Waals surface area contributed by atoms with Crippen molar-refractivity contribution in [3.8, 4) is 0 Å². The molecule has 0 spiro atoms. The van der Waals surface area contributed by atoms with E-state index in [0.717, 1.165) is 50.6 Å². The van der Waals surface area contributed by atoms with Crippen molar-refractivity contribution in [3.63, 3.8) is 0 Å². The number of hydrogen-bond donors (Lipinski definition) is 3. The Hall–Kier alpha value is -5.56. The maximum atomic E-state index is 11.4. The van der Waals surface area contributed by atoms with Crippen LogP contribution < -0.4 is 0 Å². The molecule has 0 aliphatic carbocycles. The summed E-state index contributed by atoms with van der Waals surface area (Å²) in [5.41, 5.74) is 5.21. The first-order valence-corrected chi connectivity index (χ1v) is 16.5. The molecule has 0 saturated heterocycles. The van der Waals surface area contributed by atoms with Crippen LogP contribution in [0, 0.1) is 0 Å². The highest BCUT2D eigenvalue weighted by molar-refractivity contribution is 5.77. The van der Waals surface area contributed by atoms with Gasteiger partial charge >= 0.3 is 17.9 Å². The van der Waals surface area contributed by atoms with E-state index in [-0.39, 0.29) is 19.3 Å². The molecule has 3 aromatic carbocycles. The van der Waals surface area contributed by atoms with Crippen molar-refractivity contribution < 1.29 is 29.7 Å². The predicted molar refractivity (Wildman–Crippen MR) is 183 cm³/mol. The summed E-state index contributed by atoms with van der Waals surface area (Å²) >= 11 is 0. The van der Waals surface area contributed by atoms with E-state index in [1.54, 1.807) is 0 Å². The molecule has 13 nitrogen and oxygen atoms in total. The molecule has 3 aromatic heterocycles. The molecule has 6 rings (SSSR count). The van der Waals surface area contributed by atoms with Crippen molar-refractivity contribution >= 4 is 51.0 Å². The second-order valence-corrected chi connectivity index (χ2v) is 12.1. The number of aromatic nitrogens is 6. The molecule has 0 aliphatic rings. The highest BCUT2D eigenvalue weighted by atomic mass is 16.4. The Morgan fingerprint density at radius 1 is 0.490 bits per heavy atom. The molecule has 0 bridgehead atoms. The number of imidazole rings is 3. The first-order valence-electron chi connectivity index (χ1n) is 16.5. The van der Waals surface area contributed by atoms with Gasteiger partial charge in [0.2, 0.25) is 0 Å². The van der Waals surface area contributed by atoms with Gasteiger partial charge in [0, 0.05) is 38.9 Å². The van der Waals surface area contributed by atoms with E-state index < -0.39 is 17.9 Å². The van der Waals surface area contributed by atoms with E-state index in [4.69, 9.17) is 15.0 Å². The van der Waals surface area contributed by atoms with Crippen molar-refractivity contribution in [2.45, 2.75) is 77.8 Å². The van der Waals surface area contributed by atoms with Gasteiger partial charge in [-0.1, -0.05) is 36.4 Å². The summed E-state index contributed by atoms with van der Waals surface area (Å²) in [6.45, 7) is 2.61. The normalized spacial score (nSPS) is 11.7. The summed E-state index contributed by atoms with van der Waals surface area (Å²) in [6, 6.07) is 23.4. The zero-order valence-electron chi connectivity index (χ0n) is 27.1. The van der Waals surface area contributed by atoms with Crippen LogP contribution >= 0.6 is 0 Å². The fourth-order valence-corrected chi connectivity index (χ4v) is 6.42. The van der Waals surface area contributed by atoms with Gasteiger partial charge < -0.3 is 29.0 Å². The molecule has 13 heteroatoms. The second-order valence-electron chi connectivity index (χ2n) is 12.1. The molecule has 0 radical (unpaired) electrons. The summed E-state index contributed by atoms with van der Waals surface area (Å²) in [6.07, 6.45) is 1.45. The molecule has 3 N–H and O–H groups in total. The van der Waals surface area contributed by atoms with Crippen LogP contribution in [0.4, 0.5) is 0 Å². The lowest BCUT2D eigenvalue weighted by molar-refractivity contribution is -0.138. The Kier molecular flexibility index (Phi) is 10.3. The zero-order chi connectivity index (χ0) is 34.3. The topological polar surface area (TPSA) is 169 Å². The van der Waals surface area contributed by atoms with E-state index >= 15 is 0 Å². The van der Waals surface area contributed by atoms with Gasteiger partial charge in [0.15, 0.2) is 0 Å². The Balaban J connectivity index is 1.40. The van der Waals surface area contributed by atoms with Crippen molar-refractivity contribution in [1.29, 1.82) is 0 Å². The molecule has 3 heterocycles. The summed E-state index contributed by atoms with van der Waals surface area (Å²) in [5.74, 6) is -0.236. The molecule has 0 amide bonds. The van der Waals surface area contributed by atoms with Crippen molar-refractivity contribution in [3.05, 3.63) is 90.3 Å². The number of nitrogens with zero attached hydrogens (tertiary/aromatic N) is 7. The van der Waals surface area contributed by atoms with Crippen molar-refractivity contribution in [1.82, 2.24) is 33.6 Å². The fraction of sp³-hybridized carbons (Fsp3) is 0.333. The highest BCUT2D eigenvalue weighted by Gasteiger charge is 2.22. The largest absolute Gasteiger partial charge is 0.481 e. The molecule has 6 aromatic rings. The van der Waals surface area contributed by atoms with Crippen LogP contribution in [0.25, 0.3) is 33.1 Å². The van der Waals surface area contributed by atoms with Crippen LogP contribution in [-0.2, 0) is 53.7 Å². The minimum Gasteiger partial charge on any atom is -0.481 e. The van der Waals surface area contributed by atoms with Crippen LogP contribution in [0.2, 0.25) is 0 Å². The molecule has 0 fully saturated rings. The monoisotopic (exact) mass is 665 g/mol. The smallest absolute Gasteiger partial charge is 0.303 e. The van der Waals surface area contributed by atoms with Crippen LogP contribution in [0.15, 0.2) is 72.8 Å². The highest BCUT2D eigenvalue weighted by Crippen LogP contribution is 2.25. The van der Waals surface area contributed by atoms with Gasteiger partial charge in [-0.15, -0.1) is 0 Å². The Morgan fingerprint density at radius 2 is 0.776 bits per heavy atom. The summed E-state index contributed by atoms with van der Waals surface area (Å²) < 4.78 is 6.24. The number of aryl methyl sites for hydroxylation is 3. The summed E-state index contributed by atoms with van der Waals surface area (Å²) in [4.78, 5) is 51.3. The fourth-order valence-electron chi connectivity index (χ4n) is 6.42. The third-order valence-corrected chi connectivity index (χ3v) is 8.61. The lowest BCUT2D eigenvalue weighted by Gasteiger charge is -2.23. The average Bonchev–Trinajstić information content (AvgIpc) is 3.71. The summed E-state index contributed by atoms with van der Waals surface area (Å²) in [5, 5.41) is 28.0. The second kappa shape index (κ2) is 15.1. The van der Waals surface area contributed by atoms with Crippen LogP contribution in [0.1, 0.15) is 56.0 Å². The first-order chi connectivity index (χ1) is 23.8. The summed E-state index contributed by atoms with van der Waals surface area (Å²) in [7, 11) is 0. The SMILES string of the molecule is O=C(O)CCCn1c(CN(Cc2nc3ccccc3n2CCCC(=O)O)Cc2nc3ccccc3n2CCCC(=O)O)nc2ccccc21. The maximum absolute atomic E-state index is 11.4. The molecule has 0 saturated carbocycles. The standard InChI is InChI=1S/C36H39N7O6/c44-34(45)16-7-19-41-28-13-4-1-10-25(28)37-31(41)22-40(23-32-38-26-11-2-5-14-29(26)42(32)20-8-17-35(46)47)24-33-39-27-12-3-6-15-30(27)43(33)21-9-18-36(48)49/h1-6,10-15H,7-9,16-24H2,(H,44,45)(H,46,47)(H,48,49). The minimum atomic E-state index is -0.851. The Morgan fingerprint density at radius 3 is 1.06 bits per heavy atom. The maximum Gasteiger partial charge on any atom is 0.303 e. The van der Waals surface area contributed by atoms with Crippen molar-refractivity contribution in [2.75, 3.05) is 0 Å². The minimum absolute atomic E-state index is 0.0381. The van der Waals surface area contributed by atoms with Gasteiger partial charge in [0.25, 0.3) is 0 Å². The molecular weight excluding hydrogens is 626 g/mol. The van der Waals surface area contributed by atoms with Crippen LogP contribution in [0.5, 0.6) is 0 Å². The number of carboxylic acid groups (broad SMARTS) is 3. The zero-order valence-corrected chi connectivity index (χ0v) is 27.1. The number of fused-ring (bicyclic) bond motifs is 3. The quantitative estimate of drug-likeness (QED) is 0.106. The van der Waals surface area contributed by atoms with Gasteiger partial charge in [0.05, 0.1) is 52.7 Å². The van der Waals surface area contributed by atoms with E-state index in [9.17, 15) is 29.7 Å². The molecule has 0 atom stereocenters. The number of carbonyl (C=O) groups is 3. The lowest BCUT2D eigenvalue weighted by atomic mass is 10.2. The van der Waals surface area contributed by atoms with Crippen LogP contribution in [-0.4, -0.2) is 66.8 Å². The van der Waals surface area contributed by atoms with E-state index in [0.29, 0.717) is 58.5 Å². The number of benzene rings is 3. The first kappa shape index (κ1) is 33.3. The lowest BCUT2D eigenvalue weighted by Crippen LogP contribution is -2.28. The van der Waals surface area contributed by atoms with Gasteiger partial charge in [-0.25, -0.2) is 15.0 Å². The van der Waals surface area contributed by atoms with Gasteiger partial charge in [-0.2, -0.15) is 0 Å². The molecule has 254 valence electrons. The molecular formula is C36H39N7O6. The number of aliphatic carboxylic acids is 3. The van der Waals surface area contributed by atoms with E-state index in [1.165, 1.54) is 0 Å². The number of carboxylic acids is 3. The Bertz CT molecular complexity index is 1880. The third-order valence-electron chi connectivity index (χ3n) is 8.61. The molecule has 49 heavy (non-hydrogen) atoms. The average molecular weight is 666 g/mol. The number of hydrogen-bond acceptors (Lipinski definition) is 7.